The summed E-state index contributed by atoms with van der Waals surface area (Å²) in [5, 5.41) is 0. The molecular formula is C18H29NO2S. The van der Waals surface area contributed by atoms with E-state index in [9.17, 15) is 8.42 Å². The highest BCUT2D eigenvalue weighted by Crippen LogP contribution is 2.34. The molecule has 0 amide bonds. The van der Waals surface area contributed by atoms with Gasteiger partial charge in [-0.3, -0.25) is 0 Å². The van der Waals surface area contributed by atoms with Crippen molar-refractivity contribution in [2.45, 2.75) is 44.9 Å². The van der Waals surface area contributed by atoms with Crippen LogP contribution in [0.2, 0.25) is 0 Å². The van der Waals surface area contributed by atoms with Crippen molar-refractivity contribution in [1.29, 1.82) is 0 Å². The van der Waals surface area contributed by atoms with Crippen molar-refractivity contribution in [3.05, 3.63) is 30.3 Å². The summed E-state index contributed by atoms with van der Waals surface area (Å²) in [6, 6.07) is 8.79. The molecule has 4 heteroatoms. The zero-order chi connectivity index (χ0) is 16.2. The maximum Gasteiger partial charge on any atom is 0.179 e. The lowest BCUT2D eigenvalue weighted by Gasteiger charge is -2.29. The smallest absolute Gasteiger partial charge is 0.179 e. The number of hydrogen-bond donors (Lipinski definition) is 0. The second-order valence-electron chi connectivity index (χ2n) is 7.47. The highest BCUT2D eigenvalue weighted by Gasteiger charge is 2.27. The van der Waals surface area contributed by atoms with Gasteiger partial charge in [-0.15, -0.1) is 0 Å². The van der Waals surface area contributed by atoms with Gasteiger partial charge in [0.2, 0.25) is 0 Å². The van der Waals surface area contributed by atoms with Crippen molar-refractivity contribution < 1.29 is 8.42 Å². The maximum atomic E-state index is 12.4. The van der Waals surface area contributed by atoms with Crippen LogP contribution in [0.5, 0.6) is 0 Å². The molecule has 1 aromatic rings. The van der Waals surface area contributed by atoms with Gasteiger partial charge in [0.05, 0.1) is 10.6 Å². The van der Waals surface area contributed by atoms with Gasteiger partial charge in [-0.05, 0) is 55.8 Å². The molecule has 1 aliphatic heterocycles. The van der Waals surface area contributed by atoms with Gasteiger partial charge in [-0.1, -0.05) is 39.0 Å². The average molecular weight is 324 g/mol. The highest BCUT2D eigenvalue weighted by molar-refractivity contribution is 7.91. The zero-order valence-electron chi connectivity index (χ0n) is 14.1. The van der Waals surface area contributed by atoms with Crippen LogP contribution in [-0.2, 0) is 9.84 Å². The summed E-state index contributed by atoms with van der Waals surface area (Å²) in [6.07, 6.45) is 3.60. The van der Waals surface area contributed by atoms with Crippen LogP contribution in [0.4, 0.5) is 0 Å². The Morgan fingerprint density at radius 1 is 1.09 bits per heavy atom. The van der Waals surface area contributed by atoms with E-state index in [4.69, 9.17) is 0 Å². The first-order valence-electron chi connectivity index (χ1n) is 8.29. The lowest BCUT2D eigenvalue weighted by molar-refractivity contribution is 0.210. The van der Waals surface area contributed by atoms with Gasteiger partial charge in [0.15, 0.2) is 9.84 Å². The molecule has 0 bridgehead atoms. The van der Waals surface area contributed by atoms with E-state index in [2.05, 4.69) is 25.7 Å². The van der Waals surface area contributed by atoms with Crippen molar-refractivity contribution >= 4 is 9.84 Å². The fourth-order valence-electron chi connectivity index (χ4n) is 3.24. The van der Waals surface area contributed by atoms with Gasteiger partial charge in [-0.25, -0.2) is 8.42 Å². The van der Waals surface area contributed by atoms with E-state index >= 15 is 0 Å². The molecule has 22 heavy (non-hydrogen) atoms. The second-order valence-corrected chi connectivity index (χ2v) is 9.58. The summed E-state index contributed by atoms with van der Waals surface area (Å²) < 4.78 is 24.7. The van der Waals surface area contributed by atoms with Crippen molar-refractivity contribution in [2.75, 3.05) is 25.4 Å². The Morgan fingerprint density at radius 2 is 1.77 bits per heavy atom. The zero-order valence-corrected chi connectivity index (χ0v) is 14.9. The van der Waals surface area contributed by atoms with Crippen LogP contribution in [0.1, 0.15) is 40.0 Å². The molecule has 0 N–H and O–H groups in total. The Bertz CT molecular complexity index is 560. The summed E-state index contributed by atoms with van der Waals surface area (Å²) in [6.45, 7) is 9.63. The number of benzene rings is 1. The van der Waals surface area contributed by atoms with E-state index in [-0.39, 0.29) is 5.75 Å². The summed E-state index contributed by atoms with van der Waals surface area (Å²) in [4.78, 5) is 2.77. The quantitative estimate of drug-likeness (QED) is 0.849. The average Bonchev–Trinajstić information content (AvgIpc) is 2.71. The van der Waals surface area contributed by atoms with E-state index in [1.54, 1.807) is 24.3 Å². The third-order valence-corrected chi connectivity index (χ3v) is 6.53. The molecule has 0 saturated carbocycles. The lowest BCUT2D eigenvalue weighted by Crippen LogP contribution is -2.31. The molecule has 1 heterocycles. The van der Waals surface area contributed by atoms with Crippen LogP contribution >= 0.6 is 0 Å². The Hall–Kier alpha value is -0.870. The number of rotatable bonds is 4. The predicted molar refractivity (Wildman–Crippen MR) is 91.7 cm³/mol. The van der Waals surface area contributed by atoms with Gasteiger partial charge in [-0.2, -0.15) is 0 Å². The first-order chi connectivity index (χ1) is 10.3. The Balaban J connectivity index is 1.90. The molecule has 0 radical (unpaired) electrons. The van der Waals surface area contributed by atoms with Crippen LogP contribution in [0.3, 0.4) is 0 Å². The SMILES string of the molecule is CC(C)(C)C1CCCN(CCS(=O)(=O)c2ccccc2)CC1. The minimum absolute atomic E-state index is 0.219. The van der Waals surface area contributed by atoms with Crippen molar-refractivity contribution in [2.24, 2.45) is 11.3 Å². The van der Waals surface area contributed by atoms with E-state index in [0.717, 1.165) is 19.0 Å². The third kappa shape index (κ3) is 4.82. The fraction of sp³-hybridized carbons (Fsp3) is 0.667. The maximum absolute atomic E-state index is 12.4. The third-order valence-electron chi connectivity index (χ3n) is 4.82. The molecular weight excluding hydrogens is 294 g/mol. The van der Waals surface area contributed by atoms with E-state index in [0.29, 0.717) is 16.9 Å². The second kappa shape index (κ2) is 7.14. The van der Waals surface area contributed by atoms with Gasteiger partial charge < -0.3 is 4.90 Å². The molecule has 1 fully saturated rings. The number of sulfone groups is 1. The minimum atomic E-state index is -3.16. The van der Waals surface area contributed by atoms with Crippen molar-refractivity contribution in [3.8, 4) is 0 Å². The molecule has 0 aliphatic carbocycles. The Kier molecular flexibility index (Phi) is 5.67. The molecule has 0 aromatic heterocycles. The van der Waals surface area contributed by atoms with Crippen molar-refractivity contribution in [3.63, 3.8) is 0 Å². The molecule has 1 aromatic carbocycles. The van der Waals surface area contributed by atoms with Crippen LogP contribution in [0, 0.1) is 11.3 Å². The van der Waals surface area contributed by atoms with Gasteiger partial charge in [0.1, 0.15) is 0 Å². The molecule has 2 rings (SSSR count). The van der Waals surface area contributed by atoms with Crippen LogP contribution in [0.15, 0.2) is 35.2 Å². The molecule has 0 spiro atoms. The Morgan fingerprint density at radius 3 is 2.41 bits per heavy atom. The number of likely N-dealkylation sites (tertiary alicyclic amines) is 1. The summed E-state index contributed by atoms with van der Waals surface area (Å²) in [5.74, 6) is 0.959. The van der Waals surface area contributed by atoms with Crippen LogP contribution in [-0.4, -0.2) is 38.7 Å². The first-order valence-corrected chi connectivity index (χ1v) is 9.94. The fourth-order valence-corrected chi connectivity index (χ4v) is 4.55. The highest BCUT2D eigenvalue weighted by atomic mass is 32.2. The monoisotopic (exact) mass is 323 g/mol. The topological polar surface area (TPSA) is 37.4 Å². The van der Waals surface area contributed by atoms with E-state index < -0.39 is 9.84 Å². The largest absolute Gasteiger partial charge is 0.302 e. The normalized spacial score (nSPS) is 21.5. The summed E-state index contributed by atoms with van der Waals surface area (Å²) in [7, 11) is -3.16. The molecule has 1 saturated heterocycles. The van der Waals surface area contributed by atoms with Crippen molar-refractivity contribution in [1.82, 2.24) is 4.90 Å². The molecule has 1 unspecified atom stereocenters. The molecule has 124 valence electrons. The predicted octanol–water partition coefficient (Wildman–Crippen LogP) is 3.61. The summed E-state index contributed by atoms with van der Waals surface area (Å²) >= 11 is 0. The Labute approximate surface area is 135 Å². The van der Waals surface area contributed by atoms with Gasteiger partial charge >= 0.3 is 0 Å². The van der Waals surface area contributed by atoms with Crippen LogP contribution in [0.25, 0.3) is 0 Å². The number of nitrogens with zero attached hydrogens (tertiary/aromatic N) is 1. The minimum Gasteiger partial charge on any atom is -0.302 e. The van der Waals surface area contributed by atoms with Gasteiger partial charge in [0.25, 0.3) is 0 Å². The van der Waals surface area contributed by atoms with E-state index in [1.165, 1.54) is 19.3 Å². The lowest BCUT2D eigenvalue weighted by atomic mass is 9.77. The van der Waals surface area contributed by atoms with E-state index in [1.807, 2.05) is 6.07 Å². The number of hydrogen-bond acceptors (Lipinski definition) is 3. The molecule has 1 atom stereocenters. The molecule has 1 aliphatic rings. The standard InChI is InChI=1S/C18H29NO2S/c1-18(2,3)16-8-7-12-19(13-11-16)14-15-22(20,21)17-9-5-4-6-10-17/h4-6,9-10,16H,7-8,11-15H2,1-3H3. The summed E-state index contributed by atoms with van der Waals surface area (Å²) in [5.41, 5.74) is 0.353. The van der Waals surface area contributed by atoms with Gasteiger partial charge in [0, 0.05) is 6.54 Å². The molecule has 3 nitrogen and oxygen atoms in total. The first kappa shape index (κ1) is 17.5. The van der Waals surface area contributed by atoms with Crippen LogP contribution < -0.4 is 0 Å².